The number of sulfonamides is 1. The minimum atomic E-state index is -3.76. The SMILES string of the molecule is COc1ccc2oc(COc3ccc(S(=O)(=O)Nc4nnc(C(C)C)s4)cc3)cc2c1. The van der Waals surface area contributed by atoms with E-state index in [1.54, 1.807) is 19.2 Å². The quantitative estimate of drug-likeness (QED) is 0.404. The summed E-state index contributed by atoms with van der Waals surface area (Å²) >= 11 is 1.22. The second kappa shape index (κ2) is 8.56. The van der Waals surface area contributed by atoms with Crippen molar-refractivity contribution in [3.8, 4) is 11.5 Å². The molecule has 0 amide bonds. The molecule has 162 valence electrons. The predicted molar refractivity (Wildman–Crippen MR) is 118 cm³/mol. The maximum absolute atomic E-state index is 12.6. The number of nitrogens with zero attached hydrogens (tertiary/aromatic N) is 2. The molecule has 4 aromatic rings. The molecule has 0 unspecified atom stereocenters. The van der Waals surface area contributed by atoms with Crippen molar-refractivity contribution in [1.29, 1.82) is 0 Å². The first-order valence-corrected chi connectivity index (χ1v) is 11.8. The Balaban J connectivity index is 1.41. The molecule has 0 spiro atoms. The van der Waals surface area contributed by atoms with Crippen molar-refractivity contribution in [2.45, 2.75) is 31.3 Å². The molecule has 4 rings (SSSR count). The summed E-state index contributed by atoms with van der Waals surface area (Å²) in [5.74, 6) is 2.11. The lowest BCUT2D eigenvalue weighted by molar-refractivity contribution is 0.274. The van der Waals surface area contributed by atoms with Gasteiger partial charge in [-0.15, -0.1) is 10.2 Å². The zero-order valence-electron chi connectivity index (χ0n) is 17.2. The summed E-state index contributed by atoms with van der Waals surface area (Å²) in [7, 11) is -2.15. The van der Waals surface area contributed by atoms with Gasteiger partial charge in [-0.1, -0.05) is 25.2 Å². The third-order valence-electron chi connectivity index (χ3n) is 4.45. The molecule has 0 fully saturated rings. The van der Waals surface area contributed by atoms with Gasteiger partial charge in [0, 0.05) is 11.3 Å². The van der Waals surface area contributed by atoms with Crippen molar-refractivity contribution in [3.63, 3.8) is 0 Å². The Morgan fingerprint density at radius 2 is 1.81 bits per heavy atom. The van der Waals surface area contributed by atoms with Crippen LogP contribution in [0.1, 0.15) is 30.5 Å². The highest BCUT2D eigenvalue weighted by Gasteiger charge is 2.18. The molecular formula is C21H21N3O5S2. The molecule has 0 saturated heterocycles. The molecule has 0 saturated carbocycles. The largest absolute Gasteiger partial charge is 0.497 e. The van der Waals surface area contributed by atoms with Gasteiger partial charge in [0.2, 0.25) is 5.13 Å². The van der Waals surface area contributed by atoms with Gasteiger partial charge in [-0.05, 0) is 48.5 Å². The molecular weight excluding hydrogens is 438 g/mol. The molecule has 0 bridgehead atoms. The number of hydrogen-bond donors (Lipinski definition) is 1. The Labute approximate surface area is 183 Å². The van der Waals surface area contributed by atoms with Crippen LogP contribution in [0.25, 0.3) is 11.0 Å². The number of furan rings is 1. The van der Waals surface area contributed by atoms with Crippen molar-refractivity contribution in [1.82, 2.24) is 10.2 Å². The van der Waals surface area contributed by atoms with Crippen LogP contribution < -0.4 is 14.2 Å². The number of methoxy groups -OCH3 is 1. The Hall–Kier alpha value is -3.11. The number of benzene rings is 2. The number of rotatable bonds is 8. The molecule has 2 aromatic carbocycles. The van der Waals surface area contributed by atoms with E-state index in [2.05, 4.69) is 14.9 Å². The van der Waals surface area contributed by atoms with E-state index in [9.17, 15) is 8.42 Å². The third kappa shape index (κ3) is 4.80. The van der Waals surface area contributed by atoms with Crippen LogP contribution in [0.2, 0.25) is 0 Å². The highest BCUT2D eigenvalue weighted by molar-refractivity contribution is 7.93. The minimum absolute atomic E-state index is 0.108. The molecule has 8 nitrogen and oxygen atoms in total. The van der Waals surface area contributed by atoms with E-state index in [-0.39, 0.29) is 22.6 Å². The highest BCUT2D eigenvalue weighted by Crippen LogP contribution is 2.27. The van der Waals surface area contributed by atoms with E-state index in [0.29, 0.717) is 11.5 Å². The second-order valence-electron chi connectivity index (χ2n) is 7.08. The van der Waals surface area contributed by atoms with E-state index in [0.717, 1.165) is 21.7 Å². The lowest BCUT2D eigenvalue weighted by atomic mass is 10.2. The van der Waals surface area contributed by atoms with Gasteiger partial charge in [-0.2, -0.15) is 0 Å². The maximum Gasteiger partial charge on any atom is 0.263 e. The summed E-state index contributed by atoms with van der Waals surface area (Å²) < 4.78 is 44.3. The van der Waals surface area contributed by atoms with E-state index in [1.807, 2.05) is 38.1 Å². The highest BCUT2D eigenvalue weighted by atomic mass is 32.2. The lowest BCUT2D eigenvalue weighted by Crippen LogP contribution is -2.12. The summed E-state index contributed by atoms with van der Waals surface area (Å²) in [5.41, 5.74) is 0.740. The van der Waals surface area contributed by atoms with Crippen LogP contribution >= 0.6 is 11.3 Å². The summed E-state index contributed by atoms with van der Waals surface area (Å²) in [6, 6.07) is 13.6. The number of ether oxygens (including phenoxy) is 2. The summed E-state index contributed by atoms with van der Waals surface area (Å²) in [5, 5.41) is 9.81. The molecule has 1 N–H and O–H groups in total. The first-order chi connectivity index (χ1) is 14.8. The fraction of sp³-hybridized carbons (Fsp3) is 0.238. The van der Waals surface area contributed by atoms with Crippen LogP contribution in [0.3, 0.4) is 0 Å². The van der Waals surface area contributed by atoms with Gasteiger partial charge >= 0.3 is 0 Å². The number of hydrogen-bond acceptors (Lipinski definition) is 8. The Kier molecular flexibility index (Phi) is 5.84. The summed E-state index contributed by atoms with van der Waals surface area (Å²) in [6.07, 6.45) is 0. The molecule has 10 heteroatoms. The number of fused-ring (bicyclic) bond motifs is 1. The van der Waals surface area contributed by atoms with Gasteiger partial charge in [0.1, 0.15) is 34.5 Å². The average Bonchev–Trinajstić information content (AvgIpc) is 3.38. The number of anilines is 1. The van der Waals surface area contributed by atoms with Gasteiger partial charge in [0.15, 0.2) is 0 Å². The molecule has 0 aliphatic rings. The summed E-state index contributed by atoms with van der Waals surface area (Å²) in [6.45, 7) is 4.16. The molecule has 0 atom stereocenters. The topological polar surface area (TPSA) is 104 Å². The van der Waals surface area contributed by atoms with Crippen LogP contribution in [0.15, 0.2) is 57.8 Å². The van der Waals surface area contributed by atoms with Crippen LogP contribution in [0.4, 0.5) is 5.13 Å². The minimum Gasteiger partial charge on any atom is -0.497 e. The van der Waals surface area contributed by atoms with Crippen LogP contribution in [-0.2, 0) is 16.6 Å². The van der Waals surface area contributed by atoms with Crippen LogP contribution in [0, 0.1) is 0 Å². The van der Waals surface area contributed by atoms with Crippen LogP contribution in [-0.4, -0.2) is 25.7 Å². The Bertz CT molecular complexity index is 1290. The predicted octanol–water partition coefficient (Wildman–Crippen LogP) is 4.80. The summed E-state index contributed by atoms with van der Waals surface area (Å²) in [4.78, 5) is 0.108. The number of nitrogens with one attached hydrogen (secondary N) is 1. The van der Waals surface area contributed by atoms with Crippen LogP contribution in [0.5, 0.6) is 11.5 Å². The first-order valence-electron chi connectivity index (χ1n) is 9.49. The van der Waals surface area contributed by atoms with E-state index < -0.39 is 10.0 Å². The van der Waals surface area contributed by atoms with Gasteiger partial charge in [0.05, 0.1) is 12.0 Å². The average molecular weight is 460 g/mol. The monoisotopic (exact) mass is 459 g/mol. The fourth-order valence-electron chi connectivity index (χ4n) is 2.83. The van der Waals surface area contributed by atoms with Crippen molar-refractivity contribution in [2.24, 2.45) is 0 Å². The molecule has 2 heterocycles. The second-order valence-corrected chi connectivity index (χ2v) is 9.77. The molecule has 0 radical (unpaired) electrons. The van der Waals surface area contributed by atoms with Crippen molar-refractivity contribution < 1.29 is 22.3 Å². The maximum atomic E-state index is 12.6. The lowest BCUT2D eigenvalue weighted by Gasteiger charge is -2.07. The van der Waals surface area contributed by atoms with E-state index >= 15 is 0 Å². The van der Waals surface area contributed by atoms with Crippen molar-refractivity contribution in [3.05, 3.63) is 59.3 Å². The zero-order valence-corrected chi connectivity index (χ0v) is 18.8. The van der Waals surface area contributed by atoms with Gasteiger partial charge in [0.25, 0.3) is 10.0 Å². The van der Waals surface area contributed by atoms with E-state index in [4.69, 9.17) is 13.9 Å². The fourth-order valence-corrected chi connectivity index (χ4v) is 4.80. The Morgan fingerprint density at radius 1 is 1.06 bits per heavy atom. The molecule has 0 aliphatic carbocycles. The Morgan fingerprint density at radius 3 is 2.48 bits per heavy atom. The van der Waals surface area contributed by atoms with Crippen molar-refractivity contribution in [2.75, 3.05) is 11.8 Å². The van der Waals surface area contributed by atoms with Crippen molar-refractivity contribution >= 4 is 37.5 Å². The molecule has 31 heavy (non-hydrogen) atoms. The standard InChI is InChI=1S/C21H21N3O5S2/c1-13(2)20-22-23-21(30-20)24-31(25,26)18-7-4-15(5-8-18)28-12-17-11-14-10-16(27-3)6-9-19(14)29-17/h4-11,13H,12H2,1-3H3,(H,23,24). The van der Waals surface area contributed by atoms with Gasteiger partial charge in [-0.3, -0.25) is 4.72 Å². The molecule has 2 aromatic heterocycles. The first kappa shape index (κ1) is 21.1. The smallest absolute Gasteiger partial charge is 0.263 e. The number of aromatic nitrogens is 2. The van der Waals surface area contributed by atoms with Gasteiger partial charge in [-0.25, -0.2) is 8.42 Å². The zero-order chi connectivity index (χ0) is 22.0. The van der Waals surface area contributed by atoms with Gasteiger partial charge < -0.3 is 13.9 Å². The third-order valence-corrected chi connectivity index (χ3v) is 7.07. The molecule has 0 aliphatic heterocycles. The van der Waals surface area contributed by atoms with E-state index in [1.165, 1.54) is 23.5 Å². The normalized spacial score (nSPS) is 11.7.